The van der Waals surface area contributed by atoms with Gasteiger partial charge in [-0.05, 0) is 29.7 Å². The van der Waals surface area contributed by atoms with Crippen LogP contribution in [0, 0.1) is 0 Å². The first-order valence-electron chi connectivity index (χ1n) is 9.89. The van der Waals surface area contributed by atoms with Crippen LogP contribution >= 0.6 is 0 Å². The van der Waals surface area contributed by atoms with Crippen molar-refractivity contribution in [1.82, 2.24) is 15.1 Å². The summed E-state index contributed by atoms with van der Waals surface area (Å²) in [5, 5.41) is 7.68. The van der Waals surface area contributed by atoms with Crippen LogP contribution in [0.1, 0.15) is 33.3 Å². The summed E-state index contributed by atoms with van der Waals surface area (Å²) in [6.07, 6.45) is 2.62. The number of methoxy groups -OCH3 is 2. The molecule has 0 bridgehead atoms. The van der Waals surface area contributed by atoms with Gasteiger partial charge in [-0.2, -0.15) is 5.10 Å². The van der Waals surface area contributed by atoms with Crippen LogP contribution in [-0.2, 0) is 17.7 Å². The molecular formula is C23H25N3O4. The molecule has 0 unspecified atom stereocenters. The fourth-order valence-corrected chi connectivity index (χ4v) is 3.56. The van der Waals surface area contributed by atoms with E-state index < -0.39 is 0 Å². The van der Waals surface area contributed by atoms with Crippen molar-refractivity contribution < 1.29 is 19.0 Å². The third-order valence-electron chi connectivity index (χ3n) is 5.11. The topological polar surface area (TPSA) is 74.6 Å². The number of fused-ring (bicyclic) bond motifs is 1. The lowest BCUT2D eigenvalue weighted by atomic mass is 10.1. The van der Waals surface area contributed by atoms with Gasteiger partial charge < -0.3 is 19.5 Å². The maximum atomic E-state index is 12.7. The molecule has 1 aromatic heterocycles. The Bertz CT molecular complexity index is 994. The SMILES string of the molecule is COc1cc(OC)cc(C(=O)NC[C@H]2OCCc3cn(Cc4ccccc4)nc32)c1. The van der Waals surface area contributed by atoms with Gasteiger partial charge in [0, 0.05) is 24.4 Å². The van der Waals surface area contributed by atoms with E-state index in [9.17, 15) is 4.79 Å². The molecule has 1 aliphatic rings. The normalized spacial score (nSPS) is 15.3. The zero-order chi connectivity index (χ0) is 20.9. The molecule has 1 aliphatic heterocycles. The van der Waals surface area contributed by atoms with Crippen LogP contribution in [0.2, 0.25) is 0 Å². The molecule has 0 spiro atoms. The molecule has 0 aliphatic carbocycles. The molecule has 1 amide bonds. The lowest BCUT2D eigenvalue weighted by molar-refractivity contribution is 0.0383. The van der Waals surface area contributed by atoms with Gasteiger partial charge in [0.25, 0.3) is 5.91 Å². The number of aromatic nitrogens is 2. The smallest absolute Gasteiger partial charge is 0.251 e. The maximum Gasteiger partial charge on any atom is 0.251 e. The minimum Gasteiger partial charge on any atom is -0.497 e. The Morgan fingerprint density at radius 3 is 2.60 bits per heavy atom. The van der Waals surface area contributed by atoms with Gasteiger partial charge in [-0.1, -0.05) is 30.3 Å². The zero-order valence-corrected chi connectivity index (χ0v) is 17.1. The average Bonchev–Trinajstić information content (AvgIpc) is 3.20. The summed E-state index contributed by atoms with van der Waals surface area (Å²) in [5.41, 5.74) is 3.71. The van der Waals surface area contributed by atoms with E-state index >= 15 is 0 Å². The summed E-state index contributed by atoms with van der Waals surface area (Å²) >= 11 is 0. The summed E-state index contributed by atoms with van der Waals surface area (Å²) in [7, 11) is 3.11. The summed E-state index contributed by atoms with van der Waals surface area (Å²) < 4.78 is 18.3. The van der Waals surface area contributed by atoms with Crippen LogP contribution in [0.15, 0.2) is 54.7 Å². The fraction of sp³-hybridized carbons (Fsp3) is 0.304. The Labute approximate surface area is 175 Å². The Kier molecular flexibility index (Phi) is 5.99. The highest BCUT2D eigenvalue weighted by Crippen LogP contribution is 2.26. The first-order chi connectivity index (χ1) is 14.7. The molecule has 3 aromatic rings. The number of nitrogens with zero attached hydrogens (tertiary/aromatic N) is 2. The number of hydrogen-bond acceptors (Lipinski definition) is 5. The van der Waals surface area contributed by atoms with E-state index in [1.165, 1.54) is 11.1 Å². The number of carbonyl (C=O) groups excluding carboxylic acids is 1. The third kappa shape index (κ3) is 4.46. The number of ether oxygens (including phenoxy) is 3. The van der Waals surface area contributed by atoms with Gasteiger partial charge in [-0.3, -0.25) is 9.48 Å². The summed E-state index contributed by atoms with van der Waals surface area (Å²) in [6, 6.07) is 15.3. The van der Waals surface area contributed by atoms with Crippen molar-refractivity contribution >= 4 is 5.91 Å². The molecular weight excluding hydrogens is 382 g/mol. The highest BCUT2D eigenvalue weighted by Gasteiger charge is 2.25. The second kappa shape index (κ2) is 9.00. The predicted molar refractivity (Wildman–Crippen MR) is 112 cm³/mol. The standard InChI is InChI=1S/C23H25N3O4/c1-28-19-10-18(11-20(12-19)29-2)23(27)24-13-21-22-17(8-9-30-21)15-26(25-22)14-16-6-4-3-5-7-16/h3-7,10-12,15,21H,8-9,13-14H2,1-2H3,(H,24,27)/t21-/m1/s1. The maximum absolute atomic E-state index is 12.7. The number of benzene rings is 2. The van der Waals surface area contributed by atoms with E-state index in [1.54, 1.807) is 32.4 Å². The van der Waals surface area contributed by atoms with E-state index in [-0.39, 0.29) is 12.0 Å². The van der Waals surface area contributed by atoms with Crippen LogP contribution in [0.4, 0.5) is 0 Å². The van der Waals surface area contributed by atoms with Crippen LogP contribution in [0.5, 0.6) is 11.5 Å². The molecule has 1 atom stereocenters. The van der Waals surface area contributed by atoms with Crippen molar-refractivity contribution in [2.24, 2.45) is 0 Å². The molecule has 4 rings (SSSR count). The summed E-state index contributed by atoms with van der Waals surface area (Å²) in [6.45, 7) is 1.65. The Morgan fingerprint density at radius 2 is 1.90 bits per heavy atom. The molecule has 7 heteroatoms. The van der Waals surface area contributed by atoms with E-state index in [4.69, 9.17) is 19.3 Å². The Morgan fingerprint density at radius 1 is 1.17 bits per heavy atom. The lowest BCUT2D eigenvalue weighted by Gasteiger charge is -2.22. The minimum absolute atomic E-state index is 0.216. The molecule has 7 nitrogen and oxygen atoms in total. The largest absolute Gasteiger partial charge is 0.497 e. The van der Waals surface area contributed by atoms with Crippen LogP contribution in [0.3, 0.4) is 0 Å². The molecule has 156 valence electrons. The third-order valence-corrected chi connectivity index (χ3v) is 5.11. The van der Waals surface area contributed by atoms with Gasteiger partial charge >= 0.3 is 0 Å². The summed E-state index contributed by atoms with van der Waals surface area (Å²) in [4.78, 5) is 12.7. The number of rotatable bonds is 7. The number of amides is 1. The number of carbonyl (C=O) groups is 1. The van der Waals surface area contributed by atoms with Crippen molar-refractivity contribution in [3.8, 4) is 11.5 Å². The quantitative estimate of drug-likeness (QED) is 0.652. The molecule has 2 heterocycles. The van der Waals surface area contributed by atoms with Gasteiger partial charge in [-0.25, -0.2) is 0 Å². The molecule has 0 radical (unpaired) electrons. The molecule has 1 N–H and O–H groups in total. The van der Waals surface area contributed by atoms with E-state index in [2.05, 4.69) is 23.6 Å². The first kappa shape index (κ1) is 20.0. The van der Waals surface area contributed by atoms with Gasteiger partial charge in [0.2, 0.25) is 0 Å². The van der Waals surface area contributed by atoms with Gasteiger partial charge in [0.1, 0.15) is 17.6 Å². The van der Waals surface area contributed by atoms with Crippen LogP contribution in [-0.4, -0.2) is 43.1 Å². The second-order valence-corrected chi connectivity index (χ2v) is 7.14. The molecule has 0 saturated heterocycles. The van der Waals surface area contributed by atoms with Crippen molar-refractivity contribution in [1.29, 1.82) is 0 Å². The zero-order valence-electron chi connectivity index (χ0n) is 17.1. The fourth-order valence-electron chi connectivity index (χ4n) is 3.56. The van der Waals surface area contributed by atoms with Crippen molar-refractivity contribution in [3.63, 3.8) is 0 Å². The van der Waals surface area contributed by atoms with Crippen molar-refractivity contribution in [2.45, 2.75) is 19.1 Å². The van der Waals surface area contributed by atoms with Gasteiger partial charge in [-0.15, -0.1) is 0 Å². The summed E-state index contributed by atoms with van der Waals surface area (Å²) in [5.74, 6) is 0.914. The first-order valence-corrected chi connectivity index (χ1v) is 9.89. The Balaban J connectivity index is 1.45. The monoisotopic (exact) mass is 407 g/mol. The molecule has 0 fully saturated rings. The van der Waals surface area contributed by atoms with E-state index in [1.807, 2.05) is 22.9 Å². The molecule has 0 saturated carbocycles. The van der Waals surface area contributed by atoms with Crippen molar-refractivity contribution in [2.75, 3.05) is 27.4 Å². The average molecular weight is 407 g/mol. The Hall–Kier alpha value is -3.32. The van der Waals surface area contributed by atoms with Gasteiger partial charge in [0.15, 0.2) is 0 Å². The van der Waals surface area contributed by atoms with E-state index in [0.717, 1.165) is 12.1 Å². The minimum atomic E-state index is -0.276. The second-order valence-electron chi connectivity index (χ2n) is 7.14. The number of hydrogen-bond donors (Lipinski definition) is 1. The van der Waals surface area contributed by atoms with Crippen molar-refractivity contribution in [3.05, 3.63) is 77.1 Å². The highest BCUT2D eigenvalue weighted by molar-refractivity contribution is 5.95. The van der Waals surface area contributed by atoms with Crippen LogP contribution in [0.25, 0.3) is 0 Å². The highest BCUT2D eigenvalue weighted by atomic mass is 16.5. The van der Waals surface area contributed by atoms with Gasteiger partial charge in [0.05, 0.1) is 33.1 Å². The predicted octanol–water partition coefficient (Wildman–Crippen LogP) is 2.99. The lowest BCUT2D eigenvalue weighted by Crippen LogP contribution is -2.32. The van der Waals surface area contributed by atoms with E-state index in [0.29, 0.717) is 36.8 Å². The number of nitrogens with one attached hydrogen (secondary N) is 1. The van der Waals surface area contributed by atoms with Crippen LogP contribution < -0.4 is 14.8 Å². The molecule has 2 aromatic carbocycles. The molecule has 30 heavy (non-hydrogen) atoms.